The number of amides is 2. The van der Waals surface area contributed by atoms with Crippen molar-refractivity contribution in [3.8, 4) is 0 Å². The summed E-state index contributed by atoms with van der Waals surface area (Å²) in [4.78, 5) is 28.1. The Kier molecular flexibility index (Phi) is 3.97. The van der Waals surface area contributed by atoms with Gasteiger partial charge in [0, 0.05) is 5.41 Å². The molecule has 31 heavy (non-hydrogen) atoms. The molecule has 1 aliphatic carbocycles. The Balaban J connectivity index is 1.64. The van der Waals surface area contributed by atoms with Gasteiger partial charge in [-0.15, -0.1) is 0 Å². The maximum Gasteiger partial charge on any atom is 0.416 e. The van der Waals surface area contributed by atoms with E-state index >= 15 is 0 Å². The van der Waals surface area contributed by atoms with Gasteiger partial charge in [-0.25, -0.2) is 4.90 Å². The van der Waals surface area contributed by atoms with Crippen LogP contribution in [0.4, 0.5) is 18.9 Å². The van der Waals surface area contributed by atoms with Crippen LogP contribution in [0, 0.1) is 11.3 Å². The molecule has 0 aromatic heterocycles. The van der Waals surface area contributed by atoms with Crippen LogP contribution in [0.25, 0.3) is 0 Å². The van der Waals surface area contributed by atoms with E-state index in [0.717, 1.165) is 28.2 Å². The standard InChI is InChI=1S/C25H18F3NO2/c1-23-20(24(23,16-9-4-2-5-10-16)17-11-6-3-7-12-17)21(30)29(22(23)31)19-14-8-13-18(15-19)25(26,27)28/h2-15,20H,1H3/t20-,23-/m1/s1. The van der Waals surface area contributed by atoms with Gasteiger partial charge in [0.15, 0.2) is 0 Å². The SMILES string of the molecule is C[C@]12C(=O)N(c3cccc(C(F)(F)F)c3)C(=O)[C@H]1C2(c1ccccc1)c1ccccc1. The first-order valence-corrected chi connectivity index (χ1v) is 9.90. The molecule has 2 atom stereocenters. The van der Waals surface area contributed by atoms with Gasteiger partial charge in [0.2, 0.25) is 11.8 Å². The van der Waals surface area contributed by atoms with Crippen molar-refractivity contribution in [1.29, 1.82) is 0 Å². The molecule has 0 bridgehead atoms. The predicted octanol–water partition coefficient (Wildman–Crippen LogP) is 5.20. The van der Waals surface area contributed by atoms with Crippen LogP contribution in [0.1, 0.15) is 23.6 Å². The average molecular weight is 421 g/mol. The van der Waals surface area contributed by atoms with Crippen molar-refractivity contribution in [2.24, 2.45) is 11.3 Å². The number of fused-ring (bicyclic) bond motifs is 1. The number of imide groups is 1. The van der Waals surface area contributed by atoms with Crippen LogP contribution in [-0.2, 0) is 21.2 Å². The number of nitrogens with zero attached hydrogens (tertiary/aromatic N) is 1. The lowest BCUT2D eigenvalue weighted by Crippen LogP contribution is -2.42. The molecule has 2 fully saturated rings. The molecule has 0 unspecified atom stereocenters. The number of hydrogen-bond acceptors (Lipinski definition) is 2. The molecule has 0 radical (unpaired) electrons. The van der Waals surface area contributed by atoms with E-state index in [-0.39, 0.29) is 5.69 Å². The van der Waals surface area contributed by atoms with E-state index in [1.165, 1.54) is 12.1 Å². The summed E-state index contributed by atoms with van der Waals surface area (Å²) < 4.78 is 39.6. The Labute approximate surface area is 177 Å². The van der Waals surface area contributed by atoms with Crippen LogP contribution >= 0.6 is 0 Å². The Bertz CT molecular complexity index is 1150. The molecule has 156 valence electrons. The zero-order valence-electron chi connectivity index (χ0n) is 16.6. The Morgan fingerprint density at radius 2 is 1.35 bits per heavy atom. The topological polar surface area (TPSA) is 37.4 Å². The first kappa shape index (κ1) is 19.5. The maximum atomic E-state index is 13.6. The fraction of sp³-hybridized carbons (Fsp3) is 0.200. The second-order valence-corrected chi connectivity index (χ2v) is 8.20. The Morgan fingerprint density at radius 3 is 1.81 bits per heavy atom. The third-order valence-electron chi connectivity index (χ3n) is 6.75. The van der Waals surface area contributed by atoms with Gasteiger partial charge in [0.25, 0.3) is 0 Å². The summed E-state index contributed by atoms with van der Waals surface area (Å²) in [6, 6.07) is 23.1. The molecule has 2 aliphatic rings. The number of anilines is 1. The minimum absolute atomic E-state index is 0.0479. The molecule has 3 aromatic carbocycles. The molecule has 3 aromatic rings. The lowest BCUT2D eigenvalue weighted by Gasteiger charge is -2.29. The van der Waals surface area contributed by atoms with Gasteiger partial charge in [-0.1, -0.05) is 66.7 Å². The number of alkyl halides is 3. The van der Waals surface area contributed by atoms with E-state index in [0.29, 0.717) is 0 Å². The van der Waals surface area contributed by atoms with Crippen molar-refractivity contribution >= 4 is 17.5 Å². The molecule has 1 heterocycles. The highest BCUT2D eigenvalue weighted by atomic mass is 19.4. The quantitative estimate of drug-likeness (QED) is 0.545. The van der Waals surface area contributed by atoms with E-state index < -0.39 is 40.3 Å². The monoisotopic (exact) mass is 421 g/mol. The first-order valence-electron chi connectivity index (χ1n) is 9.90. The second kappa shape index (κ2) is 6.30. The number of carbonyl (C=O) groups excluding carboxylic acids is 2. The fourth-order valence-electron chi connectivity index (χ4n) is 5.37. The molecule has 6 heteroatoms. The van der Waals surface area contributed by atoms with Gasteiger partial charge >= 0.3 is 6.18 Å². The lowest BCUT2D eigenvalue weighted by molar-refractivity contribution is -0.137. The summed E-state index contributed by atoms with van der Waals surface area (Å²) >= 11 is 0. The van der Waals surface area contributed by atoms with Crippen molar-refractivity contribution in [3.05, 3.63) is 102 Å². The van der Waals surface area contributed by atoms with Crippen LogP contribution in [0.2, 0.25) is 0 Å². The Hall–Kier alpha value is -3.41. The minimum Gasteiger partial charge on any atom is -0.274 e. The smallest absolute Gasteiger partial charge is 0.274 e. The molecule has 1 saturated carbocycles. The minimum atomic E-state index is -4.56. The molecular weight excluding hydrogens is 403 g/mol. The highest BCUT2D eigenvalue weighted by molar-refractivity contribution is 6.29. The summed E-state index contributed by atoms with van der Waals surface area (Å²) in [6.07, 6.45) is -4.56. The van der Waals surface area contributed by atoms with Crippen molar-refractivity contribution < 1.29 is 22.8 Å². The van der Waals surface area contributed by atoms with Crippen molar-refractivity contribution in [3.63, 3.8) is 0 Å². The molecule has 2 amide bonds. The summed E-state index contributed by atoms with van der Waals surface area (Å²) in [7, 11) is 0. The Morgan fingerprint density at radius 1 is 0.806 bits per heavy atom. The molecule has 1 saturated heterocycles. The summed E-state index contributed by atoms with van der Waals surface area (Å²) in [5, 5.41) is 0. The number of rotatable bonds is 3. The van der Waals surface area contributed by atoms with Crippen LogP contribution in [-0.4, -0.2) is 11.8 Å². The van der Waals surface area contributed by atoms with E-state index in [4.69, 9.17) is 0 Å². The van der Waals surface area contributed by atoms with E-state index in [9.17, 15) is 22.8 Å². The van der Waals surface area contributed by atoms with Crippen molar-refractivity contribution in [2.45, 2.75) is 18.5 Å². The van der Waals surface area contributed by atoms with Gasteiger partial charge in [0.05, 0.1) is 22.6 Å². The summed E-state index contributed by atoms with van der Waals surface area (Å²) in [5.74, 6) is -1.64. The van der Waals surface area contributed by atoms with Crippen molar-refractivity contribution in [1.82, 2.24) is 0 Å². The fourth-order valence-corrected chi connectivity index (χ4v) is 5.37. The van der Waals surface area contributed by atoms with Gasteiger partial charge < -0.3 is 0 Å². The highest BCUT2D eigenvalue weighted by Gasteiger charge is 2.86. The summed E-state index contributed by atoms with van der Waals surface area (Å²) in [5.41, 5.74) is -1.18. The maximum absolute atomic E-state index is 13.6. The number of piperidine rings is 1. The van der Waals surface area contributed by atoms with Gasteiger partial charge in [0.1, 0.15) is 0 Å². The van der Waals surface area contributed by atoms with Crippen molar-refractivity contribution in [2.75, 3.05) is 4.90 Å². The third kappa shape index (κ3) is 2.42. The van der Waals surface area contributed by atoms with E-state index in [1.807, 2.05) is 60.7 Å². The number of benzene rings is 3. The third-order valence-corrected chi connectivity index (χ3v) is 6.75. The first-order chi connectivity index (χ1) is 14.7. The average Bonchev–Trinajstić information content (AvgIpc) is 3.29. The van der Waals surface area contributed by atoms with Crippen LogP contribution in [0.15, 0.2) is 84.9 Å². The van der Waals surface area contributed by atoms with Crippen LogP contribution in [0.5, 0.6) is 0 Å². The zero-order chi connectivity index (χ0) is 22.0. The molecule has 3 nitrogen and oxygen atoms in total. The van der Waals surface area contributed by atoms with Crippen LogP contribution < -0.4 is 4.90 Å². The molecule has 0 spiro atoms. The number of carbonyl (C=O) groups is 2. The lowest BCUT2D eigenvalue weighted by atomic mass is 9.79. The molecule has 0 N–H and O–H groups in total. The zero-order valence-corrected chi connectivity index (χ0v) is 16.6. The number of hydrogen-bond donors (Lipinski definition) is 0. The van der Waals surface area contributed by atoms with Gasteiger partial charge in [-0.05, 0) is 36.2 Å². The van der Waals surface area contributed by atoms with Crippen LogP contribution in [0.3, 0.4) is 0 Å². The normalized spacial score (nSPS) is 24.3. The van der Waals surface area contributed by atoms with E-state index in [1.54, 1.807) is 6.92 Å². The largest absolute Gasteiger partial charge is 0.416 e. The predicted molar refractivity (Wildman–Crippen MR) is 109 cm³/mol. The summed E-state index contributed by atoms with van der Waals surface area (Å²) in [6.45, 7) is 1.74. The van der Waals surface area contributed by atoms with Gasteiger partial charge in [-0.2, -0.15) is 13.2 Å². The number of halogens is 3. The highest BCUT2D eigenvalue weighted by Crippen LogP contribution is 2.76. The van der Waals surface area contributed by atoms with E-state index in [2.05, 4.69) is 0 Å². The molecule has 5 rings (SSSR count). The van der Waals surface area contributed by atoms with Gasteiger partial charge in [-0.3, -0.25) is 9.59 Å². The molecular formula is C25H18F3NO2. The molecule has 1 aliphatic heterocycles. The second-order valence-electron chi connectivity index (χ2n) is 8.20.